The van der Waals surface area contributed by atoms with Crippen molar-refractivity contribution in [3.05, 3.63) is 18.2 Å². The first kappa shape index (κ1) is 7.12. The number of nitrogens with zero attached hydrogens (tertiary/aromatic N) is 2. The van der Waals surface area contributed by atoms with Crippen molar-refractivity contribution >= 4 is 0 Å². The molecule has 1 aromatic rings. The van der Waals surface area contributed by atoms with Gasteiger partial charge in [-0.05, 0) is 0 Å². The third-order valence-corrected chi connectivity index (χ3v) is 1.34. The van der Waals surface area contributed by atoms with Crippen molar-refractivity contribution in [3.63, 3.8) is 0 Å². The second kappa shape index (κ2) is 2.01. The van der Waals surface area contributed by atoms with Gasteiger partial charge in [-0.1, -0.05) is 20.8 Å². The van der Waals surface area contributed by atoms with E-state index in [0.29, 0.717) is 0 Å². The summed E-state index contributed by atoms with van der Waals surface area (Å²) in [5.74, 6) is 6.49. The van der Waals surface area contributed by atoms with Gasteiger partial charge in [0.1, 0.15) is 5.82 Å². The molecule has 0 saturated heterocycles. The van der Waals surface area contributed by atoms with Gasteiger partial charge >= 0.3 is 0 Å². The van der Waals surface area contributed by atoms with Crippen LogP contribution in [0.2, 0.25) is 0 Å². The van der Waals surface area contributed by atoms with Crippen LogP contribution in [0.15, 0.2) is 12.4 Å². The zero-order chi connectivity index (χ0) is 7.78. The first-order chi connectivity index (χ1) is 4.52. The summed E-state index contributed by atoms with van der Waals surface area (Å²) in [6.45, 7) is 6.25. The van der Waals surface area contributed by atoms with E-state index < -0.39 is 0 Å². The average molecular weight is 139 g/mol. The van der Waals surface area contributed by atoms with Crippen LogP contribution in [0.1, 0.15) is 26.6 Å². The Balaban J connectivity index is 3.05. The van der Waals surface area contributed by atoms with Crippen molar-refractivity contribution < 1.29 is 0 Å². The molecule has 0 radical (unpaired) electrons. The summed E-state index contributed by atoms with van der Waals surface area (Å²) in [5, 5.41) is 0. The lowest BCUT2D eigenvalue weighted by molar-refractivity contribution is 0.530. The smallest absolute Gasteiger partial charge is 0.132 e. The molecule has 56 valence electrons. The molecule has 0 bridgehead atoms. The molecule has 0 aliphatic rings. The number of aromatic nitrogens is 2. The van der Waals surface area contributed by atoms with Crippen molar-refractivity contribution in [1.82, 2.24) is 9.66 Å². The number of rotatable bonds is 0. The highest BCUT2D eigenvalue weighted by atomic mass is 15.3. The molecule has 0 unspecified atom stereocenters. The SMILES string of the molecule is CC(C)(C)c1nccn1N. The Bertz CT molecular complexity index is 219. The van der Waals surface area contributed by atoms with E-state index in [1.54, 1.807) is 17.1 Å². The summed E-state index contributed by atoms with van der Waals surface area (Å²) < 4.78 is 1.56. The summed E-state index contributed by atoms with van der Waals surface area (Å²) in [5.41, 5.74) is 0.0399. The molecule has 1 aromatic heterocycles. The molecule has 0 spiro atoms. The summed E-state index contributed by atoms with van der Waals surface area (Å²) in [4.78, 5) is 4.12. The first-order valence-corrected chi connectivity index (χ1v) is 3.31. The molecule has 3 heteroatoms. The number of imidazole rings is 1. The van der Waals surface area contributed by atoms with Crippen molar-refractivity contribution in [2.45, 2.75) is 26.2 Å². The monoisotopic (exact) mass is 139 g/mol. The average Bonchev–Trinajstić information content (AvgIpc) is 2.11. The molecule has 0 fully saturated rings. The van der Waals surface area contributed by atoms with E-state index in [-0.39, 0.29) is 5.41 Å². The van der Waals surface area contributed by atoms with Crippen molar-refractivity contribution in [2.24, 2.45) is 0 Å². The number of hydrogen-bond acceptors (Lipinski definition) is 2. The highest BCUT2D eigenvalue weighted by Crippen LogP contribution is 2.17. The second-order valence-electron chi connectivity index (χ2n) is 3.41. The number of nitrogen functional groups attached to an aromatic ring is 1. The predicted octanol–water partition coefficient (Wildman–Crippen LogP) is 0.894. The molecule has 0 saturated carbocycles. The number of hydrogen-bond donors (Lipinski definition) is 1. The minimum absolute atomic E-state index is 0.0399. The van der Waals surface area contributed by atoms with Crippen LogP contribution in [0.4, 0.5) is 0 Å². The zero-order valence-corrected chi connectivity index (χ0v) is 6.63. The Kier molecular flexibility index (Phi) is 1.43. The van der Waals surface area contributed by atoms with E-state index in [4.69, 9.17) is 5.84 Å². The zero-order valence-electron chi connectivity index (χ0n) is 6.63. The molecule has 0 aromatic carbocycles. The van der Waals surface area contributed by atoms with Gasteiger partial charge in [0.25, 0.3) is 0 Å². The highest BCUT2D eigenvalue weighted by Gasteiger charge is 2.18. The van der Waals surface area contributed by atoms with Crippen LogP contribution in [0.25, 0.3) is 0 Å². The van der Waals surface area contributed by atoms with E-state index >= 15 is 0 Å². The van der Waals surface area contributed by atoms with Gasteiger partial charge in [-0.15, -0.1) is 0 Å². The van der Waals surface area contributed by atoms with Gasteiger partial charge in [0.05, 0.1) is 0 Å². The molecular formula is C7H13N3. The third kappa shape index (κ3) is 1.12. The third-order valence-electron chi connectivity index (χ3n) is 1.34. The lowest BCUT2D eigenvalue weighted by Gasteiger charge is -2.16. The minimum Gasteiger partial charge on any atom is -0.338 e. The fourth-order valence-electron chi connectivity index (χ4n) is 0.894. The van der Waals surface area contributed by atoms with Crippen LogP contribution in [0.5, 0.6) is 0 Å². The summed E-state index contributed by atoms with van der Waals surface area (Å²) in [6, 6.07) is 0. The Labute approximate surface area is 60.8 Å². The maximum absolute atomic E-state index is 5.58. The fourth-order valence-corrected chi connectivity index (χ4v) is 0.894. The van der Waals surface area contributed by atoms with Gasteiger partial charge in [0.2, 0.25) is 0 Å². The van der Waals surface area contributed by atoms with Crippen molar-refractivity contribution in [1.29, 1.82) is 0 Å². The molecule has 0 aliphatic heterocycles. The van der Waals surface area contributed by atoms with Gasteiger partial charge in [0, 0.05) is 17.8 Å². The molecule has 1 rings (SSSR count). The van der Waals surface area contributed by atoms with E-state index in [9.17, 15) is 0 Å². The Hall–Kier alpha value is -0.990. The Morgan fingerprint density at radius 1 is 1.50 bits per heavy atom. The van der Waals surface area contributed by atoms with Crippen LogP contribution in [0, 0.1) is 0 Å². The minimum atomic E-state index is 0.0399. The molecule has 0 amide bonds. The summed E-state index contributed by atoms with van der Waals surface area (Å²) in [7, 11) is 0. The van der Waals surface area contributed by atoms with Crippen LogP contribution in [0.3, 0.4) is 0 Å². The lowest BCUT2D eigenvalue weighted by atomic mass is 9.96. The van der Waals surface area contributed by atoms with Crippen LogP contribution >= 0.6 is 0 Å². The van der Waals surface area contributed by atoms with Crippen LogP contribution in [-0.2, 0) is 5.41 Å². The maximum atomic E-state index is 5.58. The van der Waals surface area contributed by atoms with Gasteiger partial charge in [-0.3, -0.25) is 4.68 Å². The standard InChI is InChI=1S/C7H13N3/c1-7(2,3)6-9-4-5-10(6)8/h4-5H,8H2,1-3H3. The topological polar surface area (TPSA) is 43.8 Å². The molecule has 2 N–H and O–H groups in total. The van der Waals surface area contributed by atoms with E-state index in [1.807, 2.05) is 0 Å². The quantitative estimate of drug-likeness (QED) is 0.542. The molecule has 10 heavy (non-hydrogen) atoms. The second-order valence-corrected chi connectivity index (χ2v) is 3.41. The molecule has 1 heterocycles. The van der Waals surface area contributed by atoms with Gasteiger partial charge < -0.3 is 5.84 Å². The summed E-state index contributed by atoms with van der Waals surface area (Å²) in [6.07, 6.45) is 3.46. The van der Waals surface area contributed by atoms with E-state index in [1.165, 1.54) is 0 Å². The largest absolute Gasteiger partial charge is 0.338 e. The van der Waals surface area contributed by atoms with Crippen molar-refractivity contribution in [2.75, 3.05) is 5.84 Å². The van der Waals surface area contributed by atoms with Crippen LogP contribution < -0.4 is 5.84 Å². The van der Waals surface area contributed by atoms with Gasteiger partial charge in [-0.25, -0.2) is 4.98 Å². The van der Waals surface area contributed by atoms with E-state index in [0.717, 1.165) is 5.82 Å². The molecule has 3 nitrogen and oxygen atoms in total. The molecule has 0 atom stereocenters. The fraction of sp³-hybridized carbons (Fsp3) is 0.571. The molecular weight excluding hydrogens is 126 g/mol. The number of nitrogens with two attached hydrogens (primary N) is 1. The molecule has 0 aliphatic carbocycles. The van der Waals surface area contributed by atoms with E-state index in [2.05, 4.69) is 25.8 Å². The Morgan fingerprint density at radius 2 is 2.10 bits per heavy atom. The summed E-state index contributed by atoms with van der Waals surface area (Å²) >= 11 is 0. The normalized spacial score (nSPS) is 11.9. The van der Waals surface area contributed by atoms with Crippen LogP contribution in [-0.4, -0.2) is 9.66 Å². The maximum Gasteiger partial charge on any atom is 0.132 e. The Morgan fingerprint density at radius 3 is 2.30 bits per heavy atom. The predicted molar refractivity (Wildman–Crippen MR) is 41.1 cm³/mol. The first-order valence-electron chi connectivity index (χ1n) is 3.31. The van der Waals surface area contributed by atoms with Crippen molar-refractivity contribution in [3.8, 4) is 0 Å². The van der Waals surface area contributed by atoms with Gasteiger partial charge in [-0.2, -0.15) is 0 Å². The lowest BCUT2D eigenvalue weighted by Crippen LogP contribution is -2.22. The van der Waals surface area contributed by atoms with Gasteiger partial charge in [0.15, 0.2) is 0 Å². The highest BCUT2D eigenvalue weighted by molar-refractivity contribution is 5.04.